The fraction of sp³-hybridized carbons (Fsp3) is 0.667. The molecule has 0 heterocycles. The van der Waals surface area contributed by atoms with Gasteiger partial charge in [0, 0.05) is 0 Å². The van der Waals surface area contributed by atoms with Crippen LogP contribution in [-0.4, -0.2) is 27.8 Å². The van der Waals surface area contributed by atoms with Crippen LogP contribution in [0.2, 0.25) is 0 Å². The Morgan fingerprint density at radius 1 is 1.09 bits per heavy atom. The second-order valence-corrected chi connectivity index (χ2v) is 7.70. The zero-order valence-electron chi connectivity index (χ0n) is 12.8. The smallest absolute Gasteiger partial charge is 0.330 e. The zero-order chi connectivity index (χ0) is 17.2. The van der Waals surface area contributed by atoms with E-state index in [4.69, 9.17) is 20.4 Å². The predicted octanol–water partition coefficient (Wildman–Crippen LogP) is 2.62. The quantitative estimate of drug-likeness (QED) is 0.327. The molecule has 0 amide bonds. The van der Waals surface area contributed by atoms with Crippen LogP contribution in [-0.2, 0) is 18.0 Å². The van der Waals surface area contributed by atoms with Crippen LogP contribution >= 0.6 is 15.6 Å². The summed E-state index contributed by atoms with van der Waals surface area (Å²) in [6, 6.07) is 0. The Labute approximate surface area is 130 Å². The van der Waals surface area contributed by atoms with E-state index in [0.29, 0.717) is 6.54 Å². The average molecular weight is 357 g/mol. The lowest BCUT2D eigenvalue weighted by molar-refractivity contribution is 0.191. The monoisotopic (exact) mass is 357 g/mol. The Morgan fingerprint density at radius 3 is 2.23 bits per heavy atom. The molecule has 0 bridgehead atoms. The molecule has 0 saturated heterocycles. The third kappa shape index (κ3) is 13.4. The van der Waals surface area contributed by atoms with E-state index in [9.17, 15) is 9.13 Å². The molecule has 0 aliphatic heterocycles. The van der Waals surface area contributed by atoms with Gasteiger partial charge in [0.25, 0.3) is 0 Å². The molecule has 0 radical (unpaired) electrons. The Hall–Kier alpha value is -0.300. The van der Waals surface area contributed by atoms with Gasteiger partial charge in [0.1, 0.15) is 0 Å². The number of allylic oxidation sites excluding steroid dienone is 3. The summed E-state index contributed by atoms with van der Waals surface area (Å²) in [6.45, 7) is 4.27. The third-order valence-corrected chi connectivity index (χ3v) is 4.84. The number of rotatable bonds is 11. The summed E-state index contributed by atoms with van der Waals surface area (Å²) in [7, 11) is -9.82. The van der Waals surface area contributed by atoms with E-state index in [-0.39, 0.29) is 6.61 Å². The van der Waals surface area contributed by atoms with Crippen molar-refractivity contribution in [2.75, 3.05) is 13.2 Å². The van der Waals surface area contributed by atoms with E-state index >= 15 is 0 Å². The van der Waals surface area contributed by atoms with Crippen LogP contribution in [0, 0.1) is 0 Å². The van der Waals surface area contributed by atoms with Gasteiger partial charge in [-0.25, -0.2) is 9.13 Å². The molecule has 0 saturated carbocycles. The second-order valence-electron chi connectivity index (χ2n) is 4.87. The van der Waals surface area contributed by atoms with E-state index in [0.717, 1.165) is 31.3 Å². The Balaban J connectivity index is 4.14. The van der Waals surface area contributed by atoms with Crippen molar-refractivity contribution in [3.05, 3.63) is 23.3 Å². The van der Waals surface area contributed by atoms with Crippen molar-refractivity contribution < 1.29 is 32.6 Å². The van der Waals surface area contributed by atoms with Crippen molar-refractivity contribution >= 4 is 15.6 Å². The summed E-state index contributed by atoms with van der Waals surface area (Å²) in [5, 5.41) is 0. The van der Waals surface area contributed by atoms with E-state index in [1.165, 1.54) is 5.57 Å². The van der Waals surface area contributed by atoms with Gasteiger partial charge in [-0.05, 0) is 46.1 Å². The predicted molar refractivity (Wildman–Crippen MR) is 83.9 cm³/mol. The number of hydrogen-bond donors (Lipinski definition) is 4. The maximum Gasteiger partial charge on any atom is 0.481 e. The van der Waals surface area contributed by atoms with E-state index in [2.05, 4.69) is 14.9 Å². The minimum absolute atomic E-state index is 0.268. The van der Waals surface area contributed by atoms with Gasteiger partial charge < -0.3 is 20.4 Å². The van der Waals surface area contributed by atoms with Crippen LogP contribution < -0.4 is 5.73 Å². The molecular weight excluding hydrogens is 332 g/mol. The first-order valence-electron chi connectivity index (χ1n) is 6.81. The molecule has 0 aromatic rings. The lowest BCUT2D eigenvalue weighted by Gasteiger charge is -2.11. The van der Waals surface area contributed by atoms with Gasteiger partial charge in [0.15, 0.2) is 0 Å². The largest absolute Gasteiger partial charge is 0.481 e. The topological polar surface area (TPSA) is 139 Å². The van der Waals surface area contributed by atoms with Crippen LogP contribution in [0.15, 0.2) is 23.3 Å². The first-order valence-corrected chi connectivity index (χ1v) is 9.84. The zero-order valence-corrected chi connectivity index (χ0v) is 14.6. The Morgan fingerprint density at radius 2 is 1.68 bits per heavy atom. The first kappa shape index (κ1) is 21.7. The average Bonchev–Trinajstić information content (AvgIpc) is 2.33. The molecular formula is C12H25NO7P2. The van der Waals surface area contributed by atoms with Crippen molar-refractivity contribution in [3.8, 4) is 0 Å². The van der Waals surface area contributed by atoms with E-state index < -0.39 is 15.6 Å². The molecule has 0 aliphatic carbocycles. The minimum Gasteiger partial charge on any atom is -0.330 e. The molecule has 130 valence electrons. The summed E-state index contributed by atoms with van der Waals surface area (Å²) in [5.41, 5.74) is 7.63. The van der Waals surface area contributed by atoms with Crippen LogP contribution in [0.4, 0.5) is 0 Å². The highest BCUT2D eigenvalue weighted by Crippen LogP contribution is 2.57. The highest BCUT2D eigenvalue weighted by atomic mass is 31.3. The molecule has 22 heavy (non-hydrogen) atoms. The lowest BCUT2D eigenvalue weighted by atomic mass is 10.1. The molecule has 0 aliphatic rings. The van der Waals surface area contributed by atoms with Gasteiger partial charge in [0.05, 0.1) is 6.61 Å². The third-order valence-electron chi connectivity index (χ3n) is 2.69. The summed E-state index contributed by atoms with van der Waals surface area (Å²) in [5.74, 6) is 0. The van der Waals surface area contributed by atoms with Gasteiger partial charge in [-0.2, -0.15) is 4.31 Å². The van der Waals surface area contributed by atoms with Gasteiger partial charge >= 0.3 is 15.6 Å². The standard InChI is InChI=1S/C12H25NO7P2/c1-11(7-4-9-13)5-3-6-12(2)8-10-19-22(17,18)20-21(14,15)16/h5,8H,3-4,6-7,9-10,13H2,1-2H3,(H,17,18)(H2,14,15,16)/b11-5+,12-8+. The number of nitrogens with two attached hydrogens (primary N) is 1. The highest BCUT2D eigenvalue weighted by molar-refractivity contribution is 7.60. The summed E-state index contributed by atoms with van der Waals surface area (Å²) in [4.78, 5) is 25.9. The number of phosphoric ester groups is 1. The van der Waals surface area contributed by atoms with Gasteiger partial charge in [-0.3, -0.25) is 4.52 Å². The number of phosphoric acid groups is 2. The molecule has 8 nitrogen and oxygen atoms in total. The molecule has 1 atom stereocenters. The van der Waals surface area contributed by atoms with Gasteiger partial charge in [-0.1, -0.05) is 23.3 Å². The molecule has 0 aromatic heterocycles. The minimum atomic E-state index is -5.06. The van der Waals surface area contributed by atoms with Gasteiger partial charge in [-0.15, -0.1) is 0 Å². The Kier molecular flexibility index (Phi) is 10.3. The van der Waals surface area contributed by atoms with Crippen molar-refractivity contribution in [2.24, 2.45) is 5.73 Å². The van der Waals surface area contributed by atoms with Crippen LogP contribution in [0.25, 0.3) is 0 Å². The van der Waals surface area contributed by atoms with Crippen molar-refractivity contribution in [3.63, 3.8) is 0 Å². The number of hydrogen-bond acceptors (Lipinski definition) is 5. The maximum atomic E-state index is 11.2. The molecule has 1 unspecified atom stereocenters. The maximum absolute atomic E-state index is 11.2. The van der Waals surface area contributed by atoms with Crippen LogP contribution in [0.5, 0.6) is 0 Å². The molecule has 5 N–H and O–H groups in total. The second kappa shape index (κ2) is 10.5. The van der Waals surface area contributed by atoms with Crippen molar-refractivity contribution in [1.82, 2.24) is 0 Å². The summed E-state index contributed by atoms with van der Waals surface area (Å²) in [6.07, 6.45) is 7.18. The van der Waals surface area contributed by atoms with E-state index in [1.54, 1.807) is 6.08 Å². The van der Waals surface area contributed by atoms with Crippen molar-refractivity contribution in [2.45, 2.75) is 39.5 Å². The summed E-state index contributed by atoms with van der Waals surface area (Å²) < 4.78 is 29.8. The van der Waals surface area contributed by atoms with Gasteiger partial charge in [0.2, 0.25) is 0 Å². The molecule has 0 spiro atoms. The van der Waals surface area contributed by atoms with Crippen LogP contribution in [0.3, 0.4) is 0 Å². The molecule has 10 heteroatoms. The first-order chi connectivity index (χ1) is 10.1. The Bertz CT molecular complexity index is 484. The summed E-state index contributed by atoms with van der Waals surface area (Å²) >= 11 is 0. The highest BCUT2D eigenvalue weighted by Gasteiger charge is 2.31. The normalized spacial score (nSPS) is 16.6. The van der Waals surface area contributed by atoms with Crippen molar-refractivity contribution in [1.29, 1.82) is 0 Å². The lowest BCUT2D eigenvalue weighted by Crippen LogP contribution is -1.98. The molecule has 0 aromatic carbocycles. The molecule has 0 rings (SSSR count). The van der Waals surface area contributed by atoms with Crippen LogP contribution in [0.1, 0.15) is 39.5 Å². The molecule has 0 fully saturated rings. The fourth-order valence-corrected chi connectivity index (χ4v) is 3.09. The SMILES string of the molecule is C/C(=C\COP(=O)(O)OP(=O)(O)O)CC/C=C(\C)CCCN. The fourth-order valence-electron chi connectivity index (χ4n) is 1.56. The van der Waals surface area contributed by atoms with E-state index in [1.807, 2.05) is 13.8 Å².